The smallest absolute Gasteiger partial charge is 0.246 e. The van der Waals surface area contributed by atoms with Gasteiger partial charge in [0, 0.05) is 32.7 Å². The summed E-state index contributed by atoms with van der Waals surface area (Å²) < 4.78 is 32.8. The number of rotatable bonds is 5. The Morgan fingerprint density at radius 1 is 1.17 bits per heavy atom. The van der Waals surface area contributed by atoms with Crippen molar-refractivity contribution >= 4 is 21.4 Å². The largest absolute Gasteiger partial charge is 0.495 e. The van der Waals surface area contributed by atoms with E-state index in [1.165, 1.54) is 12.7 Å². The van der Waals surface area contributed by atoms with Crippen molar-refractivity contribution in [2.24, 2.45) is 0 Å². The van der Waals surface area contributed by atoms with Gasteiger partial charge in [-0.05, 0) is 47.0 Å². The molecule has 3 rings (SSSR count). The third-order valence-electron chi connectivity index (χ3n) is 4.25. The van der Waals surface area contributed by atoms with Gasteiger partial charge in [0.25, 0.3) is 0 Å². The van der Waals surface area contributed by atoms with E-state index in [4.69, 9.17) is 4.74 Å². The molecule has 1 aliphatic heterocycles. The second-order valence-electron chi connectivity index (χ2n) is 5.97. The first kappa shape index (κ1) is 17.4. The maximum atomic E-state index is 13.0. The Morgan fingerprint density at radius 3 is 2.54 bits per heavy atom. The molecule has 0 saturated carbocycles. The minimum absolute atomic E-state index is 0.260. The number of methoxy groups -OCH3 is 1. The Bertz CT molecular complexity index is 780. The fourth-order valence-electron chi connectivity index (χ4n) is 2.89. The normalized spacial score (nSPS) is 17.1. The predicted octanol–water partition coefficient (Wildman–Crippen LogP) is 2.57. The number of nitrogens with zero attached hydrogens (tertiary/aromatic N) is 2. The molecule has 130 valence electrons. The molecule has 0 aliphatic carbocycles. The van der Waals surface area contributed by atoms with E-state index >= 15 is 0 Å². The number of piperazine rings is 1. The molecule has 5 nitrogen and oxygen atoms in total. The van der Waals surface area contributed by atoms with Crippen molar-refractivity contribution in [3.8, 4) is 5.75 Å². The van der Waals surface area contributed by atoms with Gasteiger partial charge >= 0.3 is 0 Å². The van der Waals surface area contributed by atoms with E-state index in [2.05, 4.69) is 21.7 Å². The summed E-state index contributed by atoms with van der Waals surface area (Å²) in [6.07, 6.45) is 0. The summed E-state index contributed by atoms with van der Waals surface area (Å²) in [6.45, 7) is 5.25. The molecule has 7 heteroatoms. The van der Waals surface area contributed by atoms with Gasteiger partial charge < -0.3 is 4.74 Å². The average Bonchev–Trinajstić information content (AvgIpc) is 3.08. The molecule has 0 amide bonds. The van der Waals surface area contributed by atoms with Crippen molar-refractivity contribution in [3.63, 3.8) is 0 Å². The van der Waals surface area contributed by atoms with Gasteiger partial charge in [-0.25, -0.2) is 8.42 Å². The number of hydrogen-bond donors (Lipinski definition) is 0. The highest BCUT2D eigenvalue weighted by Crippen LogP contribution is 2.28. The number of ether oxygens (including phenoxy) is 1. The molecular weight excluding hydrogens is 344 g/mol. The Kier molecular flexibility index (Phi) is 5.24. The van der Waals surface area contributed by atoms with Crippen LogP contribution in [-0.2, 0) is 16.6 Å². The minimum Gasteiger partial charge on any atom is -0.495 e. The van der Waals surface area contributed by atoms with Crippen molar-refractivity contribution in [3.05, 3.63) is 46.2 Å². The van der Waals surface area contributed by atoms with Crippen LogP contribution in [0.25, 0.3) is 0 Å². The van der Waals surface area contributed by atoms with E-state index in [-0.39, 0.29) is 4.90 Å². The molecule has 0 radical (unpaired) electrons. The van der Waals surface area contributed by atoms with E-state index in [1.807, 2.05) is 13.0 Å². The molecule has 0 spiro atoms. The summed E-state index contributed by atoms with van der Waals surface area (Å²) in [5, 5.41) is 4.21. The monoisotopic (exact) mass is 366 g/mol. The predicted molar refractivity (Wildman–Crippen MR) is 96.1 cm³/mol. The molecule has 2 heterocycles. The highest BCUT2D eigenvalue weighted by Gasteiger charge is 2.30. The highest BCUT2D eigenvalue weighted by atomic mass is 32.2. The standard InChI is InChI=1S/C17H22N2O3S2/c1-14-3-4-16(22-2)17(11-14)24(20,21)19-8-6-18(7-9-19)12-15-5-10-23-13-15/h3-5,10-11,13H,6-9,12H2,1-2H3. The number of thiophene rings is 1. The summed E-state index contributed by atoms with van der Waals surface area (Å²) in [6, 6.07) is 7.38. The van der Waals surface area contributed by atoms with Crippen LogP contribution in [0.2, 0.25) is 0 Å². The van der Waals surface area contributed by atoms with Crippen LogP contribution >= 0.6 is 11.3 Å². The lowest BCUT2D eigenvalue weighted by Crippen LogP contribution is -2.48. The van der Waals surface area contributed by atoms with Crippen LogP contribution in [0.3, 0.4) is 0 Å². The van der Waals surface area contributed by atoms with Crippen molar-refractivity contribution in [2.45, 2.75) is 18.4 Å². The fraction of sp³-hybridized carbons (Fsp3) is 0.412. The molecule has 0 atom stereocenters. The number of sulfonamides is 1. The van der Waals surface area contributed by atoms with E-state index in [9.17, 15) is 8.42 Å². The van der Waals surface area contributed by atoms with Gasteiger partial charge in [0.15, 0.2) is 0 Å². The first-order valence-electron chi connectivity index (χ1n) is 7.89. The maximum absolute atomic E-state index is 13.0. The molecule has 1 aromatic carbocycles. The lowest BCUT2D eigenvalue weighted by atomic mass is 10.2. The summed E-state index contributed by atoms with van der Waals surface area (Å²) in [5.41, 5.74) is 2.20. The van der Waals surface area contributed by atoms with Crippen molar-refractivity contribution in [1.29, 1.82) is 0 Å². The zero-order chi connectivity index (χ0) is 17.2. The first-order chi connectivity index (χ1) is 11.5. The van der Waals surface area contributed by atoms with Crippen LogP contribution in [0.5, 0.6) is 5.75 Å². The van der Waals surface area contributed by atoms with E-state index in [0.29, 0.717) is 18.8 Å². The second-order valence-corrected chi connectivity index (χ2v) is 8.65. The van der Waals surface area contributed by atoms with Crippen LogP contribution in [-0.4, -0.2) is 50.9 Å². The van der Waals surface area contributed by atoms with Gasteiger partial charge in [-0.15, -0.1) is 0 Å². The molecule has 1 aromatic heterocycles. The van der Waals surface area contributed by atoms with Gasteiger partial charge in [-0.1, -0.05) is 6.07 Å². The van der Waals surface area contributed by atoms with Crippen LogP contribution in [0.1, 0.15) is 11.1 Å². The molecular formula is C17H22N2O3S2. The zero-order valence-corrected chi connectivity index (χ0v) is 15.6. The van der Waals surface area contributed by atoms with Crippen molar-refractivity contribution < 1.29 is 13.2 Å². The minimum atomic E-state index is -3.53. The van der Waals surface area contributed by atoms with Crippen LogP contribution in [0.4, 0.5) is 0 Å². The van der Waals surface area contributed by atoms with Gasteiger partial charge in [0.1, 0.15) is 10.6 Å². The maximum Gasteiger partial charge on any atom is 0.246 e. The van der Waals surface area contributed by atoms with Gasteiger partial charge in [-0.3, -0.25) is 4.90 Å². The highest BCUT2D eigenvalue weighted by molar-refractivity contribution is 7.89. The van der Waals surface area contributed by atoms with Crippen LogP contribution < -0.4 is 4.74 Å². The van der Waals surface area contributed by atoms with Crippen LogP contribution in [0.15, 0.2) is 39.9 Å². The first-order valence-corrected chi connectivity index (χ1v) is 10.3. The summed E-state index contributed by atoms with van der Waals surface area (Å²) in [7, 11) is -2.03. The molecule has 0 N–H and O–H groups in total. The third-order valence-corrected chi connectivity index (χ3v) is 6.91. The third kappa shape index (κ3) is 3.64. The van der Waals surface area contributed by atoms with E-state index < -0.39 is 10.0 Å². The van der Waals surface area contributed by atoms with Crippen molar-refractivity contribution in [1.82, 2.24) is 9.21 Å². The number of benzene rings is 1. The Hall–Kier alpha value is -1.41. The Morgan fingerprint density at radius 2 is 1.92 bits per heavy atom. The van der Waals surface area contributed by atoms with Crippen LogP contribution in [0, 0.1) is 6.92 Å². The fourth-order valence-corrected chi connectivity index (χ4v) is 5.22. The van der Waals surface area contributed by atoms with E-state index in [1.54, 1.807) is 27.8 Å². The second kappa shape index (κ2) is 7.23. The number of hydrogen-bond acceptors (Lipinski definition) is 5. The quantitative estimate of drug-likeness (QED) is 0.816. The number of aryl methyl sites for hydroxylation is 1. The topological polar surface area (TPSA) is 49.9 Å². The zero-order valence-electron chi connectivity index (χ0n) is 13.9. The average molecular weight is 367 g/mol. The Balaban J connectivity index is 1.72. The summed E-state index contributed by atoms with van der Waals surface area (Å²) in [5.74, 6) is 0.404. The summed E-state index contributed by atoms with van der Waals surface area (Å²) in [4.78, 5) is 2.55. The molecule has 2 aromatic rings. The Labute approximate surface area is 147 Å². The van der Waals surface area contributed by atoms with Crippen molar-refractivity contribution in [2.75, 3.05) is 33.3 Å². The lowest BCUT2D eigenvalue weighted by Gasteiger charge is -2.34. The molecule has 1 saturated heterocycles. The van der Waals surface area contributed by atoms with Gasteiger partial charge in [-0.2, -0.15) is 15.6 Å². The molecule has 0 bridgehead atoms. The van der Waals surface area contributed by atoms with Gasteiger partial charge in [0.2, 0.25) is 10.0 Å². The van der Waals surface area contributed by atoms with E-state index in [0.717, 1.165) is 25.2 Å². The molecule has 1 fully saturated rings. The molecule has 1 aliphatic rings. The molecule has 24 heavy (non-hydrogen) atoms. The van der Waals surface area contributed by atoms with Gasteiger partial charge in [0.05, 0.1) is 7.11 Å². The lowest BCUT2D eigenvalue weighted by molar-refractivity contribution is 0.181. The molecule has 0 unspecified atom stereocenters. The summed E-state index contributed by atoms with van der Waals surface area (Å²) >= 11 is 1.69. The SMILES string of the molecule is COc1ccc(C)cc1S(=O)(=O)N1CCN(Cc2ccsc2)CC1.